The number of ether oxygens (including phenoxy) is 1. The lowest BCUT2D eigenvalue weighted by Crippen LogP contribution is -2.50. The summed E-state index contributed by atoms with van der Waals surface area (Å²) in [5.41, 5.74) is 2.32. The molecule has 1 amide bonds. The van der Waals surface area contributed by atoms with Crippen molar-refractivity contribution in [2.45, 2.75) is 44.2 Å². The number of carbonyl (C=O) groups excluding carboxylic acids is 1. The van der Waals surface area contributed by atoms with Crippen LogP contribution in [0.25, 0.3) is 10.9 Å². The van der Waals surface area contributed by atoms with Crippen LogP contribution in [0.15, 0.2) is 55.0 Å². The summed E-state index contributed by atoms with van der Waals surface area (Å²) in [4.78, 5) is 21.7. The molecular formula is C26H32N4O2. The van der Waals surface area contributed by atoms with Crippen molar-refractivity contribution in [2.24, 2.45) is 7.05 Å². The zero-order valence-corrected chi connectivity index (χ0v) is 18.8. The summed E-state index contributed by atoms with van der Waals surface area (Å²) in [7, 11) is 2.05. The fourth-order valence-corrected chi connectivity index (χ4v) is 5.29. The summed E-state index contributed by atoms with van der Waals surface area (Å²) in [5.74, 6) is 1.17. The number of hydrogen-bond donors (Lipinski definition) is 0. The number of amides is 1. The van der Waals surface area contributed by atoms with Crippen molar-refractivity contribution in [2.75, 3.05) is 26.2 Å². The number of nitrogens with zero attached hydrogens (tertiary/aromatic N) is 4. The van der Waals surface area contributed by atoms with E-state index in [2.05, 4.69) is 37.7 Å². The van der Waals surface area contributed by atoms with Gasteiger partial charge in [0.05, 0.1) is 6.42 Å². The van der Waals surface area contributed by atoms with E-state index >= 15 is 0 Å². The largest absolute Gasteiger partial charge is 0.490 e. The number of carbonyl (C=O) groups is 1. The number of fused-ring (bicyclic) bond motifs is 1. The van der Waals surface area contributed by atoms with Gasteiger partial charge in [-0.3, -0.25) is 14.7 Å². The van der Waals surface area contributed by atoms with E-state index in [1.54, 1.807) is 12.4 Å². The van der Waals surface area contributed by atoms with Gasteiger partial charge < -0.3 is 14.2 Å². The first-order valence-electron chi connectivity index (χ1n) is 11.8. The van der Waals surface area contributed by atoms with Gasteiger partial charge in [-0.2, -0.15) is 0 Å². The molecule has 2 fully saturated rings. The molecule has 0 N–H and O–H groups in total. The molecule has 4 heterocycles. The number of pyridine rings is 1. The van der Waals surface area contributed by atoms with E-state index in [0.29, 0.717) is 12.5 Å². The average molecular weight is 433 g/mol. The Morgan fingerprint density at radius 1 is 1.00 bits per heavy atom. The van der Waals surface area contributed by atoms with Crippen LogP contribution in [0.5, 0.6) is 5.75 Å². The first-order chi connectivity index (χ1) is 15.7. The molecule has 1 aromatic carbocycles. The normalized spacial score (nSPS) is 18.8. The van der Waals surface area contributed by atoms with Gasteiger partial charge in [-0.1, -0.05) is 18.2 Å². The summed E-state index contributed by atoms with van der Waals surface area (Å²) in [6.45, 7) is 3.87. The molecule has 0 atom stereocenters. The molecule has 3 aromatic rings. The van der Waals surface area contributed by atoms with Gasteiger partial charge in [0, 0.05) is 68.8 Å². The lowest BCUT2D eigenvalue weighted by Gasteiger charge is -2.41. The van der Waals surface area contributed by atoms with Gasteiger partial charge in [-0.15, -0.1) is 0 Å². The molecule has 6 heteroatoms. The number of hydrogen-bond acceptors (Lipinski definition) is 4. The lowest BCUT2D eigenvalue weighted by atomic mass is 9.98. The van der Waals surface area contributed by atoms with Gasteiger partial charge in [-0.05, 0) is 49.4 Å². The van der Waals surface area contributed by atoms with E-state index in [9.17, 15) is 4.79 Å². The highest BCUT2D eigenvalue weighted by atomic mass is 16.5. The van der Waals surface area contributed by atoms with Crippen molar-refractivity contribution < 1.29 is 9.53 Å². The van der Waals surface area contributed by atoms with E-state index in [4.69, 9.17) is 4.74 Å². The molecule has 2 aromatic heterocycles. The summed E-state index contributed by atoms with van der Waals surface area (Å²) < 4.78 is 8.22. The Kier molecular flexibility index (Phi) is 6.12. The third kappa shape index (κ3) is 4.51. The van der Waals surface area contributed by atoms with Crippen molar-refractivity contribution in [1.29, 1.82) is 0 Å². The van der Waals surface area contributed by atoms with Crippen molar-refractivity contribution in [3.05, 3.63) is 60.6 Å². The van der Waals surface area contributed by atoms with Crippen LogP contribution in [0, 0.1) is 0 Å². The van der Waals surface area contributed by atoms with Gasteiger partial charge >= 0.3 is 0 Å². The van der Waals surface area contributed by atoms with Crippen LogP contribution in [-0.4, -0.2) is 63.6 Å². The SMILES string of the molecule is Cn1cc(CC(=O)N2CCC(N3CCC(Oc4ccncc4)CC3)CC2)c2ccccc21. The van der Waals surface area contributed by atoms with E-state index in [-0.39, 0.29) is 12.0 Å². The molecule has 2 saturated heterocycles. The molecule has 0 bridgehead atoms. The number of rotatable bonds is 5. The smallest absolute Gasteiger partial charge is 0.227 e. The number of aryl methyl sites for hydroxylation is 1. The van der Waals surface area contributed by atoms with E-state index < -0.39 is 0 Å². The molecule has 2 aliphatic heterocycles. The van der Waals surface area contributed by atoms with Crippen LogP contribution in [0.2, 0.25) is 0 Å². The second-order valence-electron chi connectivity index (χ2n) is 9.11. The van der Waals surface area contributed by atoms with Crippen LogP contribution in [-0.2, 0) is 18.3 Å². The van der Waals surface area contributed by atoms with Gasteiger partial charge in [0.1, 0.15) is 11.9 Å². The van der Waals surface area contributed by atoms with E-state index in [1.165, 1.54) is 10.9 Å². The molecule has 0 aliphatic carbocycles. The van der Waals surface area contributed by atoms with Crippen LogP contribution in [0.1, 0.15) is 31.2 Å². The third-order valence-electron chi connectivity index (χ3n) is 7.08. The average Bonchev–Trinajstić information content (AvgIpc) is 3.16. The molecule has 0 spiro atoms. The Balaban J connectivity index is 1.10. The van der Waals surface area contributed by atoms with Crippen LogP contribution >= 0.6 is 0 Å². The number of benzene rings is 1. The first kappa shape index (κ1) is 21.0. The van der Waals surface area contributed by atoms with Gasteiger partial charge in [0.2, 0.25) is 5.91 Å². The number of piperidine rings is 2. The summed E-state index contributed by atoms with van der Waals surface area (Å²) >= 11 is 0. The van der Waals surface area contributed by atoms with Crippen molar-refractivity contribution in [1.82, 2.24) is 19.4 Å². The number of aromatic nitrogens is 2. The number of para-hydroxylation sites is 1. The van der Waals surface area contributed by atoms with Crippen LogP contribution in [0.3, 0.4) is 0 Å². The predicted octanol–water partition coefficient (Wildman–Crippen LogP) is 3.65. The Hall–Kier alpha value is -2.86. The minimum Gasteiger partial charge on any atom is -0.490 e. The maximum absolute atomic E-state index is 13.0. The van der Waals surface area contributed by atoms with Crippen molar-refractivity contribution >= 4 is 16.8 Å². The zero-order chi connectivity index (χ0) is 21.9. The van der Waals surface area contributed by atoms with E-state index in [1.807, 2.05) is 31.3 Å². The maximum Gasteiger partial charge on any atom is 0.227 e. The molecule has 0 saturated carbocycles. The van der Waals surface area contributed by atoms with Crippen molar-refractivity contribution in [3.8, 4) is 5.75 Å². The topological polar surface area (TPSA) is 50.6 Å². The fourth-order valence-electron chi connectivity index (χ4n) is 5.29. The summed E-state index contributed by atoms with van der Waals surface area (Å²) in [5, 5.41) is 1.19. The Bertz CT molecular complexity index is 1050. The maximum atomic E-state index is 13.0. The molecular weight excluding hydrogens is 400 g/mol. The highest BCUT2D eigenvalue weighted by Crippen LogP contribution is 2.25. The van der Waals surface area contributed by atoms with Crippen LogP contribution in [0.4, 0.5) is 0 Å². The highest BCUT2D eigenvalue weighted by molar-refractivity contribution is 5.89. The molecule has 32 heavy (non-hydrogen) atoms. The van der Waals surface area contributed by atoms with Gasteiger partial charge in [0.15, 0.2) is 0 Å². The molecule has 0 unspecified atom stereocenters. The molecule has 0 radical (unpaired) electrons. The Morgan fingerprint density at radius 3 is 2.47 bits per heavy atom. The minimum atomic E-state index is 0.254. The minimum absolute atomic E-state index is 0.254. The molecule has 168 valence electrons. The van der Waals surface area contributed by atoms with Crippen molar-refractivity contribution in [3.63, 3.8) is 0 Å². The predicted molar refractivity (Wildman–Crippen MR) is 126 cm³/mol. The quantitative estimate of drug-likeness (QED) is 0.618. The number of likely N-dealkylation sites (tertiary alicyclic amines) is 2. The molecule has 6 nitrogen and oxygen atoms in total. The summed E-state index contributed by atoms with van der Waals surface area (Å²) in [6.07, 6.45) is 10.7. The fraction of sp³-hybridized carbons (Fsp3) is 0.462. The standard InChI is InChI=1S/C26H32N4O2/c1-28-19-20(24-4-2-3-5-25(24)28)18-26(31)30-14-8-21(9-15-30)29-16-10-23(11-17-29)32-22-6-12-27-13-7-22/h2-7,12-13,19,21,23H,8-11,14-18H2,1H3. The van der Waals surface area contributed by atoms with E-state index in [0.717, 1.165) is 63.2 Å². The first-order valence-corrected chi connectivity index (χ1v) is 11.8. The lowest BCUT2D eigenvalue weighted by molar-refractivity contribution is -0.132. The monoisotopic (exact) mass is 432 g/mol. The zero-order valence-electron chi connectivity index (χ0n) is 18.8. The van der Waals surface area contributed by atoms with Crippen LogP contribution < -0.4 is 4.74 Å². The van der Waals surface area contributed by atoms with Gasteiger partial charge in [-0.25, -0.2) is 0 Å². The highest BCUT2D eigenvalue weighted by Gasteiger charge is 2.30. The molecule has 2 aliphatic rings. The Morgan fingerprint density at radius 2 is 1.72 bits per heavy atom. The second-order valence-corrected chi connectivity index (χ2v) is 9.11. The summed E-state index contributed by atoms with van der Waals surface area (Å²) in [6, 6.07) is 12.8. The Labute approximate surface area is 189 Å². The second kappa shape index (κ2) is 9.33. The molecule has 5 rings (SSSR count). The van der Waals surface area contributed by atoms with Gasteiger partial charge in [0.25, 0.3) is 0 Å². The third-order valence-corrected chi connectivity index (χ3v) is 7.08.